The van der Waals surface area contributed by atoms with Crippen LogP contribution in [-0.4, -0.2) is 10.2 Å². The van der Waals surface area contributed by atoms with Crippen LogP contribution < -0.4 is 9.47 Å². The summed E-state index contributed by atoms with van der Waals surface area (Å²) in [6.07, 6.45) is -0.484. The number of ether oxygens (including phenoxy) is 2. The van der Waals surface area contributed by atoms with E-state index in [0.29, 0.717) is 5.75 Å². The second kappa shape index (κ2) is 11.6. The molecule has 4 aromatic carbocycles. The summed E-state index contributed by atoms with van der Waals surface area (Å²) in [5.41, 5.74) is 15.8. The molecule has 4 atom stereocenters. The molecule has 0 fully saturated rings. The maximum atomic E-state index is 12.5. The molecule has 0 bridgehead atoms. The molecule has 4 aromatic rings. The van der Waals surface area contributed by atoms with E-state index in [1.807, 2.05) is 26.8 Å². The van der Waals surface area contributed by atoms with Gasteiger partial charge in [0.2, 0.25) is 0 Å². The Labute approximate surface area is 294 Å². The van der Waals surface area contributed by atoms with Gasteiger partial charge in [0.1, 0.15) is 35.2 Å². The molecular weight excluding hydrogens is 604 g/mol. The van der Waals surface area contributed by atoms with E-state index in [2.05, 4.69) is 107 Å². The Morgan fingerprint density at radius 3 is 1.39 bits per heavy atom. The molecule has 0 saturated heterocycles. The van der Waals surface area contributed by atoms with E-state index in [1.54, 1.807) is 0 Å². The van der Waals surface area contributed by atoms with E-state index in [0.717, 1.165) is 44.7 Å². The molecule has 0 aliphatic carbocycles. The van der Waals surface area contributed by atoms with Gasteiger partial charge in [-0.25, -0.2) is 0 Å². The number of hydrogen-bond acceptors (Lipinski definition) is 4. The normalized spacial score (nSPS) is 22.2. The molecule has 6 rings (SSSR count). The lowest BCUT2D eigenvalue weighted by Crippen LogP contribution is -2.40. The Balaban J connectivity index is 1.62. The van der Waals surface area contributed by atoms with Gasteiger partial charge in [-0.15, -0.1) is 0 Å². The first-order valence-corrected chi connectivity index (χ1v) is 17.9. The predicted octanol–water partition coefficient (Wildman–Crippen LogP) is 11.7. The van der Waals surface area contributed by atoms with Gasteiger partial charge < -0.3 is 19.7 Å². The van der Waals surface area contributed by atoms with Crippen molar-refractivity contribution < 1.29 is 19.7 Å². The van der Waals surface area contributed by atoms with Crippen LogP contribution in [0.2, 0.25) is 0 Å². The highest BCUT2D eigenvalue weighted by Crippen LogP contribution is 2.64. The number of hydrogen-bond donors (Lipinski definition) is 2. The molecule has 0 aromatic heterocycles. The van der Waals surface area contributed by atoms with Gasteiger partial charge in [-0.2, -0.15) is 0 Å². The highest BCUT2D eigenvalue weighted by atomic mass is 16.5. The molecule has 4 nitrogen and oxygen atoms in total. The summed E-state index contributed by atoms with van der Waals surface area (Å²) in [4.78, 5) is 0. The van der Waals surface area contributed by atoms with Crippen LogP contribution >= 0.6 is 0 Å². The Hall–Kier alpha value is -3.92. The maximum Gasteiger partial charge on any atom is 0.130 e. The van der Waals surface area contributed by atoms with Crippen molar-refractivity contribution in [3.8, 4) is 23.0 Å². The summed E-state index contributed by atoms with van der Waals surface area (Å²) in [7, 11) is 0. The fourth-order valence-electron chi connectivity index (χ4n) is 9.04. The van der Waals surface area contributed by atoms with Gasteiger partial charge in [-0.1, -0.05) is 58.9 Å². The minimum absolute atomic E-state index is 0.143. The van der Waals surface area contributed by atoms with Gasteiger partial charge in [0.25, 0.3) is 0 Å². The van der Waals surface area contributed by atoms with Crippen LogP contribution in [0.3, 0.4) is 0 Å². The zero-order chi connectivity index (χ0) is 36.2. The van der Waals surface area contributed by atoms with Gasteiger partial charge >= 0.3 is 0 Å². The third-order valence-corrected chi connectivity index (χ3v) is 12.9. The summed E-state index contributed by atoms with van der Waals surface area (Å²) in [5.74, 6) is 1.95. The summed E-state index contributed by atoms with van der Waals surface area (Å²) in [6, 6.07) is 10.9. The average Bonchev–Trinajstić information content (AvgIpc) is 3.01. The van der Waals surface area contributed by atoms with Crippen LogP contribution in [0.4, 0.5) is 0 Å². The zero-order valence-corrected chi connectivity index (χ0v) is 32.4. The fraction of sp³-hybridized carbons (Fsp3) is 0.467. The van der Waals surface area contributed by atoms with Gasteiger partial charge in [0.15, 0.2) is 0 Å². The Morgan fingerprint density at radius 2 is 0.918 bits per heavy atom. The lowest BCUT2D eigenvalue weighted by atomic mass is 9.61. The summed E-state index contributed by atoms with van der Waals surface area (Å²) in [5, 5.41) is 23.5. The maximum absolute atomic E-state index is 12.5. The largest absolute Gasteiger partial charge is 0.508 e. The highest BCUT2D eigenvalue weighted by molar-refractivity contribution is 5.67. The van der Waals surface area contributed by atoms with E-state index in [1.165, 1.54) is 44.5 Å². The van der Waals surface area contributed by atoms with Crippen molar-refractivity contribution in [2.45, 2.75) is 128 Å². The molecule has 260 valence electrons. The van der Waals surface area contributed by atoms with E-state index < -0.39 is 5.41 Å². The molecule has 2 heterocycles. The number of phenols is 2. The van der Waals surface area contributed by atoms with E-state index in [-0.39, 0.29) is 41.0 Å². The number of benzene rings is 4. The Bertz CT molecular complexity index is 1980. The van der Waals surface area contributed by atoms with Crippen LogP contribution in [0.15, 0.2) is 30.3 Å². The second-order valence-corrected chi connectivity index (χ2v) is 16.7. The van der Waals surface area contributed by atoms with Crippen molar-refractivity contribution in [3.63, 3.8) is 0 Å². The third kappa shape index (κ3) is 5.07. The van der Waals surface area contributed by atoms with Gasteiger partial charge in [-0.05, 0) is 137 Å². The number of aromatic hydroxyl groups is 2. The standard InChI is InChI=1S/C45H56O4/c1-21-16-32(17-22(2)26(21)6)42-44(12,13)31(11)36-29(9)37(39(47)30(10)41(36)49-42)38-35-25(5)20-34(46)28(8)40(35)48-43(45(38,14)15)33-18-23(3)27(7)24(4)19-33/h16-20,31,38,42-43,46-47H,1-15H3. The number of fused-ring (bicyclic) bond motifs is 2. The Kier molecular flexibility index (Phi) is 8.25. The molecule has 0 amide bonds. The first-order valence-electron chi connectivity index (χ1n) is 17.9. The molecule has 0 radical (unpaired) electrons. The lowest BCUT2D eigenvalue weighted by molar-refractivity contribution is 0.0283. The molecule has 4 heteroatoms. The van der Waals surface area contributed by atoms with Crippen LogP contribution in [0.5, 0.6) is 23.0 Å². The van der Waals surface area contributed by atoms with E-state index >= 15 is 0 Å². The number of rotatable bonds is 3. The van der Waals surface area contributed by atoms with Crippen molar-refractivity contribution >= 4 is 0 Å². The van der Waals surface area contributed by atoms with Gasteiger partial charge in [0.05, 0.1) is 0 Å². The molecule has 0 saturated carbocycles. The smallest absolute Gasteiger partial charge is 0.130 e. The van der Waals surface area contributed by atoms with Gasteiger partial charge in [0, 0.05) is 44.6 Å². The van der Waals surface area contributed by atoms with Crippen molar-refractivity contribution in [1.82, 2.24) is 0 Å². The van der Waals surface area contributed by atoms with E-state index in [4.69, 9.17) is 9.47 Å². The zero-order valence-electron chi connectivity index (χ0n) is 32.4. The molecule has 2 N–H and O–H groups in total. The molecule has 49 heavy (non-hydrogen) atoms. The number of phenolic OH excluding ortho intramolecular Hbond substituents is 2. The van der Waals surface area contributed by atoms with Crippen molar-refractivity contribution in [2.75, 3.05) is 0 Å². The summed E-state index contributed by atoms with van der Waals surface area (Å²) in [6.45, 7) is 32.7. The van der Waals surface area contributed by atoms with E-state index in [9.17, 15) is 10.2 Å². The van der Waals surface area contributed by atoms with Crippen LogP contribution in [0, 0.1) is 80.1 Å². The first kappa shape index (κ1) is 34.9. The second-order valence-electron chi connectivity index (χ2n) is 16.7. The minimum atomic E-state index is -0.480. The molecule has 2 aliphatic rings. The minimum Gasteiger partial charge on any atom is -0.508 e. The Morgan fingerprint density at radius 1 is 0.490 bits per heavy atom. The van der Waals surface area contributed by atoms with Crippen LogP contribution in [-0.2, 0) is 0 Å². The average molecular weight is 661 g/mol. The SMILES string of the molecule is Cc1cc(C2Oc3c(C)c(O)c(C4c5c(C)cc(O)c(C)c5OC(c5cc(C)c(C)c(C)c5)C4(C)C)c(C)c3C(C)C2(C)C)cc(C)c1C. The molecule has 4 unspecified atom stereocenters. The first-order chi connectivity index (χ1) is 22.7. The van der Waals surface area contributed by atoms with Crippen molar-refractivity contribution in [2.24, 2.45) is 10.8 Å². The highest BCUT2D eigenvalue weighted by Gasteiger charge is 2.52. The van der Waals surface area contributed by atoms with Crippen LogP contribution in [0.1, 0.15) is 142 Å². The fourth-order valence-corrected chi connectivity index (χ4v) is 9.04. The lowest BCUT2D eigenvalue weighted by Gasteiger charge is -2.50. The molecule has 0 spiro atoms. The summed E-state index contributed by atoms with van der Waals surface area (Å²) >= 11 is 0. The van der Waals surface area contributed by atoms with Crippen molar-refractivity contribution in [3.05, 3.63) is 114 Å². The summed E-state index contributed by atoms with van der Waals surface area (Å²) < 4.78 is 14.1. The third-order valence-electron chi connectivity index (χ3n) is 12.9. The molecule has 2 aliphatic heterocycles. The quantitative estimate of drug-likeness (QED) is 0.230. The number of aryl methyl sites for hydroxylation is 5. The topological polar surface area (TPSA) is 58.9 Å². The predicted molar refractivity (Wildman–Crippen MR) is 201 cm³/mol. The monoisotopic (exact) mass is 660 g/mol. The van der Waals surface area contributed by atoms with Crippen molar-refractivity contribution in [1.29, 1.82) is 0 Å². The van der Waals surface area contributed by atoms with Gasteiger partial charge in [-0.3, -0.25) is 0 Å². The van der Waals surface area contributed by atoms with Crippen LogP contribution in [0.25, 0.3) is 0 Å². The molecular formula is C45H56O4.